The fourth-order valence-electron chi connectivity index (χ4n) is 4.67. The summed E-state index contributed by atoms with van der Waals surface area (Å²) < 4.78 is 52.5. The van der Waals surface area contributed by atoms with E-state index in [0.29, 0.717) is 74.6 Å². The number of amides is 3. The van der Waals surface area contributed by atoms with E-state index in [9.17, 15) is 27.6 Å². The van der Waals surface area contributed by atoms with Gasteiger partial charge in [0.25, 0.3) is 5.91 Å². The van der Waals surface area contributed by atoms with Gasteiger partial charge in [-0.25, -0.2) is 9.59 Å². The highest BCUT2D eigenvalue weighted by Gasteiger charge is 2.43. The Hall–Kier alpha value is -3.04. The molecule has 0 saturated carbocycles. The van der Waals surface area contributed by atoms with Gasteiger partial charge in [-0.1, -0.05) is 39.5 Å². The van der Waals surface area contributed by atoms with Crippen LogP contribution in [-0.4, -0.2) is 35.5 Å². The van der Waals surface area contributed by atoms with E-state index in [1.165, 1.54) is 11.0 Å². The number of aryl methyl sites for hydroxylation is 2. The van der Waals surface area contributed by atoms with E-state index >= 15 is 0 Å². The second kappa shape index (κ2) is 11.6. The van der Waals surface area contributed by atoms with Gasteiger partial charge in [0.1, 0.15) is 16.9 Å². The molecule has 1 saturated heterocycles. The lowest BCUT2D eigenvalue weighted by molar-refractivity contribution is -0.136. The van der Waals surface area contributed by atoms with Gasteiger partial charge in [0.15, 0.2) is 0 Å². The minimum absolute atomic E-state index is 0.0620. The van der Waals surface area contributed by atoms with Gasteiger partial charge in [-0.3, -0.25) is 9.69 Å². The van der Waals surface area contributed by atoms with Crippen LogP contribution < -0.4 is 15.7 Å². The maximum Gasteiger partial charge on any atom is 0.417 e. The number of hydrogen-bond acceptors (Lipinski definition) is 5. The Bertz CT molecular complexity index is 1200. The summed E-state index contributed by atoms with van der Waals surface area (Å²) in [6, 6.07) is 1.58. The number of nitrogens with one attached hydrogen (secondary N) is 1. The molecule has 1 aliphatic heterocycles. The summed E-state index contributed by atoms with van der Waals surface area (Å²) in [5, 5.41) is 2.54. The third kappa shape index (κ3) is 6.45. The first-order valence-electron chi connectivity index (χ1n) is 12.9. The largest absolute Gasteiger partial charge is 0.493 e. The molecule has 2 aromatic rings. The molecule has 10 heteroatoms. The van der Waals surface area contributed by atoms with Gasteiger partial charge < -0.3 is 14.5 Å². The predicted molar refractivity (Wildman–Crippen MR) is 134 cm³/mol. The molecular formula is C27H35F3N2O5. The molecule has 204 valence electrons. The number of ether oxygens (including phenoxy) is 1. The molecule has 1 aromatic carbocycles. The summed E-state index contributed by atoms with van der Waals surface area (Å²) in [5.74, 6) is 0.268. The minimum Gasteiger partial charge on any atom is -0.493 e. The number of rotatable bonds is 12. The molecule has 1 aliphatic rings. The van der Waals surface area contributed by atoms with Crippen molar-refractivity contribution in [2.45, 2.75) is 90.8 Å². The quantitative estimate of drug-likeness (QED) is 0.209. The minimum atomic E-state index is -4.68. The Morgan fingerprint density at radius 1 is 1.00 bits per heavy atom. The average Bonchev–Trinajstić information content (AvgIpc) is 3.00. The van der Waals surface area contributed by atoms with Crippen molar-refractivity contribution >= 4 is 22.9 Å². The maximum atomic E-state index is 13.7. The molecule has 1 aromatic heterocycles. The topological polar surface area (TPSA) is 88.8 Å². The van der Waals surface area contributed by atoms with Crippen molar-refractivity contribution in [2.24, 2.45) is 0 Å². The lowest BCUT2D eigenvalue weighted by atomic mass is 9.96. The smallest absolute Gasteiger partial charge is 0.417 e. The van der Waals surface area contributed by atoms with Crippen LogP contribution in [0.5, 0.6) is 5.75 Å². The van der Waals surface area contributed by atoms with Crippen molar-refractivity contribution in [2.75, 3.05) is 13.2 Å². The van der Waals surface area contributed by atoms with E-state index in [2.05, 4.69) is 5.32 Å². The average molecular weight is 525 g/mol. The standard InChI is InChI=1S/C27H35F3N2O5/c1-5-11-17-15-19-20(27(28,29)30)16-21(33)37-23(19)18(12-6-2)22(17)36-14-10-8-7-9-13-32-24(34)26(3,4)31-25(32)35/h15-16H,5-14H2,1-4H3,(H,31,35). The Balaban J connectivity index is 1.71. The highest BCUT2D eigenvalue weighted by Crippen LogP contribution is 2.40. The number of halogens is 3. The number of hydrogen-bond donors (Lipinski definition) is 1. The second-order valence-corrected chi connectivity index (χ2v) is 9.97. The molecule has 3 rings (SSSR count). The number of nitrogens with zero attached hydrogens (tertiary/aromatic N) is 1. The third-order valence-corrected chi connectivity index (χ3v) is 6.45. The molecule has 0 bridgehead atoms. The molecule has 0 unspecified atom stereocenters. The molecular weight excluding hydrogens is 489 g/mol. The number of unbranched alkanes of at least 4 members (excludes halogenated alkanes) is 3. The first-order valence-corrected chi connectivity index (χ1v) is 12.9. The zero-order valence-electron chi connectivity index (χ0n) is 21.8. The van der Waals surface area contributed by atoms with Gasteiger partial charge in [-0.05, 0) is 51.2 Å². The highest BCUT2D eigenvalue weighted by molar-refractivity contribution is 6.06. The number of carbonyl (C=O) groups excluding carboxylic acids is 2. The zero-order chi connectivity index (χ0) is 27.4. The molecule has 0 aliphatic carbocycles. The summed E-state index contributed by atoms with van der Waals surface area (Å²) in [6.07, 6.45) is 0.542. The summed E-state index contributed by atoms with van der Waals surface area (Å²) in [6.45, 7) is 7.88. The molecule has 1 N–H and O–H groups in total. The van der Waals surface area contributed by atoms with Gasteiger partial charge in [0.05, 0.1) is 12.2 Å². The monoisotopic (exact) mass is 524 g/mol. The van der Waals surface area contributed by atoms with Gasteiger partial charge in [0, 0.05) is 23.6 Å². The fraction of sp³-hybridized carbons (Fsp3) is 0.593. The van der Waals surface area contributed by atoms with Crippen LogP contribution in [0.4, 0.5) is 18.0 Å². The predicted octanol–water partition coefficient (Wildman–Crippen LogP) is 5.99. The van der Waals surface area contributed by atoms with Crippen LogP contribution in [-0.2, 0) is 23.8 Å². The van der Waals surface area contributed by atoms with E-state index in [-0.39, 0.29) is 22.9 Å². The summed E-state index contributed by atoms with van der Waals surface area (Å²) >= 11 is 0. The molecule has 2 heterocycles. The van der Waals surface area contributed by atoms with Crippen LogP contribution in [0.1, 0.15) is 82.9 Å². The second-order valence-electron chi connectivity index (χ2n) is 9.97. The SMILES string of the molecule is CCCc1cc2c(C(F)(F)F)cc(=O)oc2c(CCC)c1OCCCCCCN1C(=O)NC(C)(C)C1=O. The van der Waals surface area contributed by atoms with Crippen molar-refractivity contribution in [1.29, 1.82) is 0 Å². The van der Waals surface area contributed by atoms with Crippen LogP contribution in [0.3, 0.4) is 0 Å². The van der Waals surface area contributed by atoms with Crippen LogP contribution in [0.15, 0.2) is 21.3 Å². The summed E-state index contributed by atoms with van der Waals surface area (Å²) in [7, 11) is 0. The van der Waals surface area contributed by atoms with Crippen LogP contribution >= 0.6 is 0 Å². The van der Waals surface area contributed by atoms with Crippen molar-refractivity contribution in [1.82, 2.24) is 10.2 Å². The van der Waals surface area contributed by atoms with Crippen molar-refractivity contribution < 1.29 is 31.9 Å². The maximum absolute atomic E-state index is 13.7. The number of urea groups is 1. The molecule has 7 nitrogen and oxygen atoms in total. The van der Waals surface area contributed by atoms with Crippen LogP contribution in [0.2, 0.25) is 0 Å². The van der Waals surface area contributed by atoms with E-state index in [4.69, 9.17) is 9.15 Å². The number of imide groups is 1. The summed E-state index contributed by atoms with van der Waals surface area (Å²) in [4.78, 5) is 37.5. The van der Waals surface area contributed by atoms with Gasteiger partial charge in [-0.15, -0.1) is 0 Å². The molecule has 1 fully saturated rings. The Kier molecular flexibility index (Phi) is 8.92. The first kappa shape index (κ1) is 28.5. The fourth-order valence-corrected chi connectivity index (χ4v) is 4.67. The first-order chi connectivity index (χ1) is 17.4. The lowest BCUT2D eigenvalue weighted by Gasteiger charge is -2.19. The van der Waals surface area contributed by atoms with E-state index in [1.807, 2.05) is 13.8 Å². The number of carbonyl (C=O) groups is 2. The van der Waals surface area contributed by atoms with E-state index in [0.717, 1.165) is 12.8 Å². The molecule has 3 amide bonds. The number of alkyl halides is 3. The molecule has 0 spiro atoms. The Morgan fingerprint density at radius 3 is 2.27 bits per heavy atom. The number of benzene rings is 1. The van der Waals surface area contributed by atoms with Crippen molar-refractivity contribution in [3.63, 3.8) is 0 Å². The summed E-state index contributed by atoms with van der Waals surface area (Å²) in [5.41, 5.74) is -1.81. The Morgan fingerprint density at radius 2 is 1.68 bits per heavy atom. The zero-order valence-corrected chi connectivity index (χ0v) is 21.8. The van der Waals surface area contributed by atoms with Crippen LogP contribution in [0.25, 0.3) is 11.0 Å². The van der Waals surface area contributed by atoms with E-state index in [1.54, 1.807) is 13.8 Å². The number of fused-ring (bicyclic) bond motifs is 1. The van der Waals surface area contributed by atoms with Gasteiger partial charge >= 0.3 is 17.8 Å². The lowest BCUT2D eigenvalue weighted by Crippen LogP contribution is -2.40. The highest BCUT2D eigenvalue weighted by atomic mass is 19.4. The normalized spacial score (nSPS) is 15.5. The van der Waals surface area contributed by atoms with Crippen molar-refractivity contribution in [3.8, 4) is 5.75 Å². The Labute approximate surface area is 214 Å². The van der Waals surface area contributed by atoms with Gasteiger partial charge in [-0.2, -0.15) is 13.2 Å². The van der Waals surface area contributed by atoms with Crippen LogP contribution in [0, 0.1) is 0 Å². The third-order valence-electron chi connectivity index (χ3n) is 6.45. The van der Waals surface area contributed by atoms with E-state index < -0.39 is 22.9 Å². The van der Waals surface area contributed by atoms with Crippen molar-refractivity contribution in [3.05, 3.63) is 39.2 Å². The van der Waals surface area contributed by atoms with Gasteiger partial charge in [0.2, 0.25) is 0 Å². The molecule has 0 radical (unpaired) electrons. The molecule has 37 heavy (non-hydrogen) atoms. The molecule has 0 atom stereocenters.